The van der Waals surface area contributed by atoms with Gasteiger partial charge in [0.05, 0.1) is 45.5 Å². The van der Waals surface area contributed by atoms with Crippen molar-refractivity contribution in [2.45, 2.75) is 71.2 Å². The molecule has 2 aliphatic rings. The number of rotatable bonds is 15. The molecule has 0 radical (unpaired) electrons. The molecule has 16 nitrogen and oxygen atoms in total. The normalized spacial score (nSPS) is 18.7. The van der Waals surface area contributed by atoms with Crippen LogP contribution >= 0.6 is 11.3 Å². The number of likely N-dealkylation sites (tertiary alicyclic amines) is 2. The molecule has 5 heterocycles. The number of nitrogens with one attached hydrogen (secondary N) is 2. The van der Waals surface area contributed by atoms with Crippen molar-refractivity contribution in [1.29, 1.82) is 0 Å². The number of nitrogens with zero attached hydrogens (tertiary/aromatic N) is 7. The zero-order valence-corrected chi connectivity index (χ0v) is 35.9. The number of ketones is 1. The number of thiazole rings is 1. The average molecular weight is 851 g/mol. The number of aliphatic hydroxyl groups excluding tert-OH is 1. The van der Waals surface area contributed by atoms with Gasteiger partial charge in [0.1, 0.15) is 24.3 Å². The highest BCUT2D eigenvalue weighted by Crippen LogP contribution is 2.34. The predicted molar refractivity (Wildman–Crippen MR) is 233 cm³/mol. The number of para-hydroxylation sites is 1. The third-order valence-corrected chi connectivity index (χ3v) is 12.6. The number of aryl methyl sites for hydroxylation is 1. The molecule has 1 unspecified atom stereocenters. The maximum Gasteiger partial charge on any atom is 0.243 e. The molecule has 2 aliphatic heterocycles. The van der Waals surface area contributed by atoms with E-state index in [2.05, 4.69) is 30.7 Å². The summed E-state index contributed by atoms with van der Waals surface area (Å²) in [5.41, 5.74) is 13.5. The van der Waals surface area contributed by atoms with Gasteiger partial charge in [-0.05, 0) is 61.9 Å². The SMILES string of the molecule is CNc1nn(C2CCN(CCOC(N)=CC(=O)C(C(=O)N3C[C@H](O)C[C@H]3C(=O)N[C@@H](C)c3ccc(-c4scnc4C)cc3)C(C)C)CC2)c2cc(-c3ccccc3O)nnc12. The van der Waals surface area contributed by atoms with Crippen molar-refractivity contribution in [1.82, 2.24) is 40.1 Å². The molecule has 3 aromatic heterocycles. The van der Waals surface area contributed by atoms with Crippen LogP contribution in [0.3, 0.4) is 0 Å². The molecule has 2 amide bonds. The van der Waals surface area contributed by atoms with Crippen LogP contribution in [-0.4, -0.2) is 115 Å². The number of carbonyl (C=O) groups is 3. The Labute approximate surface area is 358 Å². The molecule has 0 bridgehead atoms. The summed E-state index contributed by atoms with van der Waals surface area (Å²) in [5, 5.41) is 40.8. The van der Waals surface area contributed by atoms with E-state index in [1.807, 2.05) is 60.4 Å². The van der Waals surface area contributed by atoms with Crippen LogP contribution in [0.2, 0.25) is 0 Å². The molecule has 0 saturated carbocycles. The lowest BCUT2D eigenvalue weighted by atomic mass is 9.89. The van der Waals surface area contributed by atoms with E-state index in [0.717, 1.165) is 59.2 Å². The number of hydrogen-bond donors (Lipinski definition) is 5. The van der Waals surface area contributed by atoms with Crippen molar-refractivity contribution < 1.29 is 29.3 Å². The van der Waals surface area contributed by atoms with E-state index >= 15 is 0 Å². The molecule has 17 heteroatoms. The van der Waals surface area contributed by atoms with Crippen molar-refractivity contribution in [2.75, 3.05) is 45.2 Å². The van der Waals surface area contributed by atoms with Gasteiger partial charge < -0.3 is 36.2 Å². The van der Waals surface area contributed by atoms with Crippen LogP contribution < -0.4 is 16.4 Å². The Kier molecular flexibility index (Phi) is 13.3. The number of anilines is 1. The number of allylic oxidation sites excluding steroid dienone is 1. The zero-order valence-electron chi connectivity index (χ0n) is 35.1. The van der Waals surface area contributed by atoms with Gasteiger partial charge in [-0.3, -0.25) is 24.0 Å². The third-order valence-electron chi connectivity index (χ3n) is 11.6. The molecule has 4 atom stereocenters. The van der Waals surface area contributed by atoms with Crippen LogP contribution in [0.1, 0.15) is 63.4 Å². The summed E-state index contributed by atoms with van der Waals surface area (Å²) < 4.78 is 7.78. The van der Waals surface area contributed by atoms with E-state index in [9.17, 15) is 24.6 Å². The Morgan fingerprint density at radius 2 is 1.80 bits per heavy atom. The number of piperidine rings is 1. The minimum absolute atomic E-state index is 0.0578. The first-order chi connectivity index (χ1) is 29.3. The molecule has 0 aliphatic carbocycles. The number of phenolic OH excluding ortho intramolecular Hbond substituents is 1. The van der Waals surface area contributed by atoms with Gasteiger partial charge >= 0.3 is 0 Å². The van der Waals surface area contributed by atoms with Crippen molar-refractivity contribution in [3.63, 3.8) is 0 Å². The van der Waals surface area contributed by atoms with Gasteiger partial charge in [0.25, 0.3) is 0 Å². The van der Waals surface area contributed by atoms with E-state index in [-0.39, 0.29) is 43.3 Å². The number of phenols is 1. The van der Waals surface area contributed by atoms with Crippen LogP contribution in [0.4, 0.5) is 5.82 Å². The van der Waals surface area contributed by atoms with Gasteiger partial charge in [0, 0.05) is 51.3 Å². The lowest BCUT2D eigenvalue weighted by Gasteiger charge is -2.32. The van der Waals surface area contributed by atoms with Gasteiger partial charge in [-0.1, -0.05) is 50.2 Å². The molecule has 7 rings (SSSR count). The number of nitrogens with two attached hydrogens (primary N) is 1. The van der Waals surface area contributed by atoms with E-state index in [4.69, 9.17) is 15.6 Å². The van der Waals surface area contributed by atoms with Crippen molar-refractivity contribution in [3.05, 3.63) is 83.3 Å². The Morgan fingerprint density at radius 1 is 1.07 bits per heavy atom. The van der Waals surface area contributed by atoms with Gasteiger partial charge in [-0.25, -0.2) is 4.98 Å². The van der Waals surface area contributed by atoms with E-state index in [1.165, 1.54) is 4.90 Å². The predicted octanol–water partition coefficient (Wildman–Crippen LogP) is 4.81. The molecule has 2 fully saturated rings. The van der Waals surface area contributed by atoms with E-state index in [0.29, 0.717) is 29.1 Å². The second-order valence-electron chi connectivity index (χ2n) is 16.1. The molecule has 6 N–H and O–H groups in total. The van der Waals surface area contributed by atoms with Crippen molar-refractivity contribution in [2.24, 2.45) is 17.6 Å². The number of carbonyl (C=O) groups excluding carboxylic acids is 3. The zero-order chi connectivity index (χ0) is 43.4. The minimum atomic E-state index is -1.12. The van der Waals surface area contributed by atoms with Crippen LogP contribution in [0.15, 0.2) is 72.1 Å². The lowest BCUT2D eigenvalue weighted by Crippen LogP contribution is -2.50. The maximum absolute atomic E-state index is 14.0. The second-order valence-corrected chi connectivity index (χ2v) is 17.0. The standard InChI is InChI=1S/C44H54N10O6S/c1-25(2)39(44(59)53-23-31(55)20-35(53)43(58)48-26(3)28-10-12-29(13-11-28)41-27(4)47-24-61-41)37(57)22-38(45)60-19-18-52-16-14-30(15-17-52)54-34-21-33(32-8-6-7-9-36(32)56)49-50-40(34)42(46-5)51-54/h6-13,21-22,24-26,30-31,35,39,55-56H,14-20,23,45H2,1-5H3,(H,46,51)(H,48,58)/t26-,31+,35-,39?/m0/s1. The summed E-state index contributed by atoms with van der Waals surface area (Å²) in [6.45, 7) is 9.67. The number of amides is 2. The van der Waals surface area contributed by atoms with E-state index in [1.54, 1.807) is 50.4 Å². The van der Waals surface area contributed by atoms with Gasteiger partial charge in [-0.15, -0.1) is 21.5 Å². The number of aromatic hydroxyl groups is 1. The van der Waals surface area contributed by atoms with Crippen LogP contribution in [0, 0.1) is 18.8 Å². The molecule has 2 aromatic carbocycles. The Balaban J connectivity index is 0.919. The molecule has 2 saturated heterocycles. The lowest BCUT2D eigenvalue weighted by molar-refractivity contribution is -0.146. The number of aliphatic hydroxyl groups is 1. The topological polar surface area (TPSA) is 214 Å². The Bertz CT molecular complexity index is 2390. The quantitative estimate of drug-likeness (QED) is 0.0545. The molecular weight excluding hydrogens is 797 g/mol. The summed E-state index contributed by atoms with van der Waals surface area (Å²) in [4.78, 5) is 50.2. The van der Waals surface area contributed by atoms with Gasteiger partial charge in [0.15, 0.2) is 23.0 Å². The Morgan fingerprint density at radius 3 is 2.48 bits per heavy atom. The number of aromatic nitrogens is 5. The third kappa shape index (κ3) is 9.53. The Hall–Kier alpha value is -5.91. The number of ether oxygens (including phenoxy) is 1. The van der Waals surface area contributed by atoms with E-state index < -0.39 is 41.6 Å². The monoisotopic (exact) mass is 850 g/mol. The van der Waals surface area contributed by atoms with Gasteiger partial charge in [-0.2, -0.15) is 5.10 Å². The highest BCUT2D eigenvalue weighted by molar-refractivity contribution is 7.13. The second kappa shape index (κ2) is 18.8. The first-order valence-corrected chi connectivity index (χ1v) is 21.6. The van der Waals surface area contributed by atoms with Gasteiger partial charge in [0.2, 0.25) is 11.8 Å². The molecule has 322 valence electrons. The maximum atomic E-state index is 14.0. The summed E-state index contributed by atoms with van der Waals surface area (Å²) >= 11 is 1.57. The summed E-state index contributed by atoms with van der Waals surface area (Å²) in [6.07, 6.45) is 1.96. The fourth-order valence-electron chi connectivity index (χ4n) is 8.27. The summed E-state index contributed by atoms with van der Waals surface area (Å²) in [6, 6.07) is 15.7. The van der Waals surface area contributed by atoms with Crippen molar-refractivity contribution in [3.8, 4) is 27.4 Å². The number of hydrogen-bond acceptors (Lipinski definition) is 14. The van der Waals surface area contributed by atoms with Crippen molar-refractivity contribution >= 4 is 45.8 Å². The number of benzene rings is 2. The fraction of sp³-hybridized carbons (Fsp3) is 0.432. The summed E-state index contributed by atoms with van der Waals surface area (Å²) in [7, 11) is 1.80. The van der Waals surface area contributed by atoms with Crippen LogP contribution in [-0.2, 0) is 19.1 Å². The number of fused-ring (bicyclic) bond motifs is 1. The molecule has 61 heavy (non-hydrogen) atoms. The van der Waals surface area contributed by atoms with Crippen LogP contribution in [0.5, 0.6) is 5.75 Å². The highest BCUT2D eigenvalue weighted by atomic mass is 32.1. The molecule has 0 spiro atoms. The summed E-state index contributed by atoms with van der Waals surface area (Å²) in [5.74, 6) is -2.32. The first kappa shape index (κ1) is 43.2. The molecule has 5 aromatic rings. The smallest absolute Gasteiger partial charge is 0.243 e. The molecular formula is C44H54N10O6S. The fourth-order valence-corrected chi connectivity index (χ4v) is 9.08. The average Bonchev–Trinajstić information content (AvgIpc) is 3.97. The first-order valence-electron chi connectivity index (χ1n) is 20.7. The van der Waals surface area contributed by atoms with Crippen LogP contribution in [0.25, 0.3) is 32.7 Å². The minimum Gasteiger partial charge on any atom is -0.507 e. The number of β-amino-alcohol motifs (C(OH)–C–C–N with tert-alkyl or cyclic N) is 1. The highest BCUT2D eigenvalue weighted by Gasteiger charge is 2.43. The largest absolute Gasteiger partial charge is 0.507 e.